The predicted octanol–water partition coefficient (Wildman–Crippen LogP) is 2.94. The molecule has 0 aliphatic carbocycles. The number of nitrogens with zero attached hydrogens (tertiary/aromatic N) is 2. The van der Waals surface area contributed by atoms with Gasteiger partial charge in [0.1, 0.15) is 5.75 Å². The highest BCUT2D eigenvalue weighted by Gasteiger charge is 2.34. The molecule has 7 heteroatoms. The molecular formula is C17H18ClN3O3. The van der Waals surface area contributed by atoms with E-state index in [0.29, 0.717) is 17.2 Å². The first kappa shape index (κ1) is 15.5. The lowest BCUT2D eigenvalue weighted by Crippen LogP contribution is -2.57. The molecule has 1 aromatic heterocycles. The summed E-state index contributed by atoms with van der Waals surface area (Å²) < 4.78 is 10.2. The SMILES string of the molecule is O=C(N[C@H]1CN2CCC1CC2)c1ccc(Oc2cc(Cl)on2)cc1. The number of hydrogen-bond donors (Lipinski definition) is 1. The number of carbonyl (C=O) groups is 1. The zero-order valence-electron chi connectivity index (χ0n) is 13.1. The van der Waals surface area contributed by atoms with E-state index in [1.54, 1.807) is 24.3 Å². The third-order valence-electron chi connectivity index (χ3n) is 4.77. The van der Waals surface area contributed by atoms with E-state index < -0.39 is 0 Å². The third-order valence-corrected chi connectivity index (χ3v) is 4.95. The minimum Gasteiger partial charge on any atom is -0.436 e. The first-order valence-electron chi connectivity index (χ1n) is 8.11. The lowest BCUT2D eigenvalue weighted by molar-refractivity contribution is 0.0620. The van der Waals surface area contributed by atoms with Gasteiger partial charge in [-0.3, -0.25) is 4.79 Å². The van der Waals surface area contributed by atoms with Crippen LogP contribution < -0.4 is 10.1 Å². The van der Waals surface area contributed by atoms with Crippen molar-refractivity contribution in [1.29, 1.82) is 0 Å². The Kier molecular flexibility index (Phi) is 4.16. The van der Waals surface area contributed by atoms with Crippen molar-refractivity contribution in [2.45, 2.75) is 18.9 Å². The van der Waals surface area contributed by atoms with Crippen LogP contribution in [0.5, 0.6) is 11.6 Å². The number of nitrogens with one attached hydrogen (secondary N) is 1. The fraction of sp³-hybridized carbons (Fsp3) is 0.412. The van der Waals surface area contributed by atoms with Crippen molar-refractivity contribution in [3.05, 3.63) is 41.1 Å². The summed E-state index contributed by atoms with van der Waals surface area (Å²) in [5.74, 6) is 1.42. The van der Waals surface area contributed by atoms with Gasteiger partial charge in [0.05, 0.1) is 6.07 Å². The molecule has 3 aliphatic rings. The maximum atomic E-state index is 12.4. The molecule has 2 bridgehead atoms. The van der Waals surface area contributed by atoms with Gasteiger partial charge in [0.2, 0.25) is 5.22 Å². The van der Waals surface area contributed by atoms with Crippen LogP contribution >= 0.6 is 11.6 Å². The zero-order chi connectivity index (χ0) is 16.5. The quantitative estimate of drug-likeness (QED) is 0.921. The summed E-state index contributed by atoms with van der Waals surface area (Å²) in [5.41, 5.74) is 0.622. The van der Waals surface area contributed by atoms with Gasteiger partial charge in [-0.1, -0.05) is 0 Å². The monoisotopic (exact) mass is 347 g/mol. The van der Waals surface area contributed by atoms with Crippen LogP contribution in [0.25, 0.3) is 0 Å². The number of carbonyl (C=O) groups excluding carboxylic acids is 1. The van der Waals surface area contributed by atoms with Gasteiger partial charge in [-0.05, 0) is 72.9 Å². The number of hydrogen-bond acceptors (Lipinski definition) is 5. The smallest absolute Gasteiger partial charge is 0.261 e. The van der Waals surface area contributed by atoms with Crippen molar-refractivity contribution in [2.24, 2.45) is 5.92 Å². The first-order valence-corrected chi connectivity index (χ1v) is 8.48. The molecule has 1 atom stereocenters. The van der Waals surface area contributed by atoms with Crippen LogP contribution in [0.2, 0.25) is 5.22 Å². The average molecular weight is 348 g/mol. The Balaban J connectivity index is 1.38. The molecule has 0 saturated carbocycles. The maximum absolute atomic E-state index is 12.4. The van der Waals surface area contributed by atoms with E-state index in [9.17, 15) is 4.79 Å². The Labute approximate surface area is 144 Å². The average Bonchev–Trinajstić information content (AvgIpc) is 3.01. The van der Waals surface area contributed by atoms with E-state index in [1.165, 1.54) is 18.9 Å². The Morgan fingerprint density at radius 1 is 1.29 bits per heavy atom. The van der Waals surface area contributed by atoms with Crippen LogP contribution in [-0.4, -0.2) is 41.6 Å². The molecule has 126 valence electrons. The molecule has 1 N–H and O–H groups in total. The summed E-state index contributed by atoms with van der Waals surface area (Å²) in [4.78, 5) is 14.9. The molecule has 2 aromatic rings. The van der Waals surface area contributed by atoms with Crippen molar-refractivity contribution < 1.29 is 14.1 Å². The first-order chi connectivity index (χ1) is 11.7. The van der Waals surface area contributed by atoms with Crippen LogP contribution in [-0.2, 0) is 0 Å². The maximum Gasteiger partial charge on any atom is 0.261 e. The van der Waals surface area contributed by atoms with Crippen molar-refractivity contribution in [3.63, 3.8) is 0 Å². The highest BCUT2D eigenvalue weighted by atomic mass is 35.5. The molecule has 0 radical (unpaired) electrons. The Hall–Kier alpha value is -2.05. The van der Waals surface area contributed by atoms with Crippen molar-refractivity contribution in [2.75, 3.05) is 19.6 Å². The largest absolute Gasteiger partial charge is 0.436 e. The van der Waals surface area contributed by atoms with Crippen LogP contribution in [0, 0.1) is 5.92 Å². The number of ether oxygens (including phenoxy) is 1. The fourth-order valence-electron chi connectivity index (χ4n) is 3.46. The molecule has 1 amide bonds. The Morgan fingerprint density at radius 2 is 2.04 bits per heavy atom. The summed E-state index contributed by atoms with van der Waals surface area (Å²) in [5, 5.41) is 6.99. The van der Waals surface area contributed by atoms with E-state index in [4.69, 9.17) is 20.9 Å². The van der Waals surface area contributed by atoms with Crippen molar-refractivity contribution in [3.8, 4) is 11.6 Å². The normalized spacial score (nSPS) is 25.5. The van der Waals surface area contributed by atoms with E-state index >= 15 is 0 Å². The summed E-state index contributed by atoms with van der Waals surface area (Å²) >= 11 is 5.65. The number of piperidine rings is 3. The molecule has 24 heavy (non-hydrogen) atoms. The van der Waals surface area contributed by atoms with Crippen molar-refractivity contribution in [1.82, 2.24) is 15.4 Å². The predicted molar refractivity (Wildman–Crippen MR) is 88.4 cm³/mol. The minimum atomic E-state index is -0.0372. The standard InChI is InChI=1S/C17H18ClN3O3/c18-15-9-16(20-24-15)23-13-3-1-12(2-4-13)17(22)19-14-10-21-7-5-11(14)6-8-21/h1-4,9,11,14H,5-8,10H2,(H,19,22)/t14-/m0/s1. The van der Waals surface area contributed by atoms with Crippen molar-refractivity contribution >= 4 is 17.5 Å². The second kappa shape index (κ2) is 6.45. The number of rotatable bonds is 4. The molecule has 4 heterocycles. The Morgan fingerprint density at radius 3 is 2.62 bits per heavy atom. The highest BCUT2D eigenvalue weighted by molar-refractivity contribution is 6.28. The molecule has 3 saturated heterocycles. The van der Waals surface area contributed by atoms with Gasteiger partial charge in [-0.25, -0.2) is 0 Å². The summed E-state index contributed by atoms with van der Waals surface area (Å²) in [7, 11) is 0. The zero-order valence-corrected chi connectivity index (χ0v) is 13.8. The molecule has 1 aromatic carbocycles. The summed E-state index contributed by atoms with van der Waals surface area (Å²) in [6.45, 7) is 3.29. The Bertz CT molecular complexity index is 723. The lowest BCUT2D eigenvalue weighted by atomic mass is 9.84. The highest BCUT2D eigenvalue weighted by Crippen LogP contribution is 2.28. The number of amides is 1. The third kappa shape index (κ3) is 3.25. The second-order valence-electron chi connectivity index (χ2n) is 6.31. The number of halogens is 1. The molecule has 6 nitrogen and oxygen atoms in total. The van der Waals surface area contributed by atoms with Gasteiger partial charge in [0, 0.05) is 18.2 Å². The number of benzene rings is 1. The van der Waals surface area contributed by atoms with Gasteiger partial charge in [-0.15, -0.1) is 0 Å². The minimum absolute atomic E-state index is 0.0372. The van der Waals surface area contributed by atoms with Gasteiger partial charge >= 0.3 is 0 Å². The summed E-state index contributed by atoms with van der Waals surface area (Å²) in [6, 6.07) is 8.69. The van der Waals surface area contributed by atoms with E-state index in [-0.39, 0.29) is 23.0 Å². The molecule has 3 aliphatic heterocycles. The van der Waals surface area contributed by atoms with Crippen LogP contribution in [0.4, 0.5) is 0 Å². The van der Waals surface area contributed by atoms with Crippen LogP contribution in [0.15, 0.2) is 34.9 Å². The second-order valence-corrected chi connectivity index (χ2v) is 6.69. The molecule has 0 spiro atoms. The van der Waals surface area contributed by atoms with E-state index in [2.05, 4.69) is 15.4 Å². The lowest BCUT2D eigenvalue weighted by Gasteiger charge is -2.44. The van der Waals surface area contributed by atoms with Crippen LogP contribution in [0.3, 0.4) is 0 Å². The van der Waals surface area contributed by atoms with Gasteiger partial charge in [0.15, 0.2) is 0 Å². The van der Waals surface area contributed by atoms with E-state index in [0.717, 1.165) is 19.6 Å². The van der Waals surface area contributed by atoms with Gasteiger partial charge < -0.3 is 19.5 Å². The number of fused-ring (bicyclic) bond motifs is 3. The number of aromatic nitrogens is 1. The molecule has 0 unspecified atom stereocenters. The summed E-state index contributed by atoms with van der Waals surface area (Å²) in [6.07, 6.45) is 2.36. The molecular weight excluding hydrogens is 330 g/mol. The van der Waals surface area contributed by atoms with E-state index in [1.807, 2.05) is 0 Å². The molecule has 3 fully saturated rings. The van der Waals surface area contributed by atoms with Gasteiger partial charge in [-0.2, -0.15) is 0 Å². The van der Waals surface area contributed by atoms with Gasteiger partial charge in [0.25, 0.3) is 11.8 Å². The van der Waals surface area contributed by atoms with Crippen LogP contribution in [0.1, 0.15) is 23.2 Å². The topological polar surface area (TPSA) is 67.6 Å². The molecule has 5 rings (SSSR count). The fourth-order valence-corrected chi connectivity index (χ4v) is 3.59.